The van der Waals surface area contributed by atoms with Crippen molar-refractivity contribution < 1.29 is 18.0 Å². The summed E-state index contributed by atoms with van der Waals surface area (Å²) in [5, 5.41) is 2.78. The molecule has 0 aliphatic heterocycles. The van der Waals surface area contributed by atoms with Gasteiger partial charge in [0, 0.05) is 26.1 Å². The Balaban J connectivity index is 2.13. The van der Waals surface area contributed by atoms with Crippen LogP contribution in [-0.2, 0) is 32.6 Å². The molecule has 186 valence electrons. The number of carbonyl (C=O) groups excluding carboxylic acids is 2. The maximum Gasteiger partial charge on any atom is 0.242 e. The van der Waals surface area contributed by atoms with Crippen molar-refractivity contribution >= 4 is 27.5 Å². The molecule has 0 aliphatic carbocycles. The third-order valence-corrected chi connectivity index (χ3v) is 6.97. The van der Waals surface area contributed by atoms with E-state index in [1.54, 1.807) is 24.0 Å². The van der Waals surface area contributed by atoms with Crippen molar-refractivity contribution in [3.05, 3.63) is 65.2 Å². The van der Waals surface area contributed by atoms with Crippen molar-refractivity contribution in [2.45, 2.75) is 59.5 Å². The number of benzene rings is 2. The lowest BCUT2D eigenvalue weighted by Crippen LogP contribution is -2.47. The smallest absolute Gasteiger partial charge is 0.242 e. The Kier molecular flexibility index (Phi) is 10.1. The van der Waals surface area contributed by atoms with E-state index in [-0.39, 0.29) is 24.8 Å². The van der Waals surface area contributed by atoms with Gasteiger partial charge in [-0.1, -0.05) is 48.9 Å². The third kappa shape index (κ3) is 7.87. The maximum absolute atomic E-state index is 13.2. The average molecular weight is 488 g/mol. The van der Waals surface area contributed by atoms with Crippen LogP contribution in [0.5, 0.6) is 0 Å². The number of amides is 2. The number of aryl methyl sites for hydroxylation is 2. The summed E-state index contributed by atoms with van der Waals surface area (Å²) in [5.41, 5.74) is 3.76. The van der Waals surface area contributed by atoms with Crippen molar-refractivity contribution in [2.75, 3.05) is 23.7 Å². The molecular weight excluding hydrogens is 450 g/mol. The van der Waals surface area contributed by atoms with Crippen molar-refractivity contribution in [3.8, 4) is 0 Å². The van der Waals surface area contributed by atoms with Crippen LogP contribution >= 0.6 is 0 Å². The van der Waals surface area contributed by atoms with E-state index in [1.807, 2.05) is 57.2 Å². The molecule has 0 radical (unpaired) electrons. The first-order valence-corrected chi connectivity index (χ1v) is 13.6. The Labute approximate surface area is 204 Å². The minimum absolute atomic E-state index is 0.134. The summed E-state index contributed by atoms with van der Waals surface area (Å²) in [6.07, 6.45) is 2.51. The van der Waals surface area contributed by atoms with Gasteiger partial charge in [0.1, 0.15) is 6.04 Å². The van der Waals surface area contributed by atoms with Gasteiger partial charge in [0.2, 0.25) is 21.8 Å². The van der Waals surface area contributed by atoms with Crippen LogP contribution in [0.2, 0.25) is 0 Å². The highest BCUT2D eigenvalue weighted by molar-refractivity contribution is 7.92. The summed E-state index contributed by atoms with van der Waals surface area (Å²) < 4.78 is 26.2. The Morgan fingerprint density at radius 3 is 2.09 bits per heavy atom. The molecule has 2 amide bonds. The van der Waals surface area contributed by atoms with Gasteiger partial charge in [0.05, 0.1) is 11.9 Å². The molecule has 2 rings (SSSR count). The zero-order valence-electron chi connectivity index (χ0n) is 20.9. The van der Waals surface area contributed by atoms with Gasteiger partial charge in [0.15, 0.2) is 0 Å². The van der Waals surface area contributed by atoms with E-state index in [4.69, 9.17) is 0 Å². The van der Waals surface area contributed by atoms with Crippen LogP contribution in [-0.4, -0.2) is 50.5 Å². The number of anilines is 1. The highest BCUT2D eigenvalue weighted by atomic mass is 32.2. The predicted molar refractivity (Wildman–Crippen MR) is 137 cm³/mol. The van der Waals surface area contributed by atoms with Crippen LogP contribution in [0.25, 0.3) is 0 Å². The summed E-state index contributed by atoms with van der Waals surface area (Å²) in [4.78, 5) is 27.3. The molecule has 0 bridgehead atoms. The summed E-state index contributed by atoms with van der Waals surface area (Å²) in [6.45, 7) is 8.57. The highest BCUT2D eigenvalue weighted by Gasteiger charge is 2.26. The van der Waals surface area contributed by atoms with Gasteiger partial charge in [0.25, 0.3) is 0 Å². The standard InChI is InChI=1S/C26H37N3O4S/c1-6-22-14-16-24(17-15-22)29(34(5,32)33)18-8-9-25(30)28(21(4)26(31)27-7-2)19-23-12-10-20(3)11-13-23/h10-17,21H,6-9,18-19H2,1-5H3,(H,27,31)/t21-/m0/s1. The van der Waals surface area contributed by atoms with E-state index in [2.05, 4.69) is 5.32 Å². The van der Waals surface area contributed by atoms with E-state index in [0.29, 0.717) is 25.2 Å². The van der Waals surface area contributed by atoms with Gasteiger partial charge in [-0.15, -0.1) is 0 Å². The molecule has 0 saturated heterocycles. The minimum Gasteiger partial charge on any atom is -0.355 e. The Hall–Kier alpha value is -2.87. The number of rotatable bonds is 12. The highest BCUT2D eigenvalue weighted by Crippen LogP contribution is 2.20. The number of hydrogen-bond acceptors (Lipinski definition) is 4. The molecule has 0 unspecified atom stereocenters. The molecule has 0 aromatic heterocycles. The van der Waals surface area contributed by atoms with Gasteiger partial charge < -0.3 is 10.2 Å². The van der Waals surface area contributed by atoms with Crippen LogP contribution in [0.15, 0.2) is 48.5 Å². The Morgan fingerprint density at radius 1 is 0.971 bits per heavy atom. The zero-order valence-corrected chi connectivity index (χ0v) is 21.7. The first-order valence-electron chi connectivity index (χ1n) is 11.8. The number of hydrogen-bond donors (Lipinski definition) is 1. The lowest BCUT2D eigenvalue weighted by Gasteiger charge is -2.29. The Morgan fingerprint density at radius 2 is 1.56 bits per heavy atom. The topological polar surface area (TPSA) is 86.8 Å². The lowest BCUT2D eigenvalue weighted by atomic mass is 10.1. The second kappa shape index (κ2) is 12.6. The molecule has 34 heavy (non-hydrogen) atoms. The molecule has 0 saturated carbocycles. The van der Waals surface area contributed by atoms with Gasteiger partial charge in [-0.2, -0.15) is 0 Å². The molecular formula is C26H37N3O4S. The molecule has 1 atom stereocenters. The lowest BCUT2D eigenvalue weighted by molar-refractivity contribution is -0.140. The second-order valence-corrected chi connectivity index (χ2v) is 10.4. The van der Waals surface area contributed by atoms with E-state index in [9.17, 15) is 18.0 Å². The molecule has 8 heteroatoms. The first-order chi connectivity index (χ1) is 16.1. The molecule has 0 fully saturated rings. The Bertz CT molecular complexity index is 1050. The van der Waals surface area contributed by atoms with Crippen LogP contribution in [0.4, 0.5) is 5.69 Å². The van der Waals surface area contributed by atoms with Crippen molar-refractivity contribution in [3.63, 3.8) is 0 Å². The van der Waals surface area contributed by atoms with Crippen LogP contribution < -0.4 is 9.62 Å². The second-order valence-electron chi connectivity index (χ2n) is 8.54. The SMILES string of the molecule is CCNC(=O)[C@H](C)N(Cc1ccc(C)cc1)C(=O)CCCN(c1ccc(CC)cc1)S(C)(=O)=O. The molecule has 1 N–H and O–H groups in total. The normalized spacial score (nSPS) is 12.1. The summed E-state index contributed by atoms with van der Waals surface area (Å²) in [6, 6.07) is 14.6. The number of nitrogens with one attached hydrogen (secondary N) is 1. The molecule has 0 spiro atoms. The van der Waals surface area contributed by atoms with E-state index < -0.39 is 16.1 Å². The first kappa shape index (κ1) is 27.4. The van der Waals surface area contributed by atoms with E-state index in [1.165, 1.54) is 10.6 Å². The van der Waals surface area contributed by atoms with Crippen LogP contribution in [0.3, 0.4) is 0 Å². The quantitative estimate of drug-likeness (QED) is 0.495. The summed E-state index contributed by atoms with van der Waals surface area (Å²) >= 11 is 0. The van der Waals surface area contributed by atoms with E-state index >= 15 is 0 Å². The minimum atomic E-state index is -3.50. The average Bonchev–Trinajstić information content (AvgIpc) is 2.80. The fourth-order valence-corrected chi connectivity index (χ4v) is 4.66. The van der Waals surface area contributed by atoms with Crippen LogP contribution in [0.1, 0.15) is 50.3 Å². The number of nitrogens with zero attached hydrogens (tertiary/aromatic N) is 2. The molecule has 2 aromatic rings. The fourth-order valence-electron chi connectivity index (χ4n) is 3.70. The number of likely N-dealkylation sites (N-methyl/N-ethyl adjacent to an activating group) is 1. The van der Waals surface area contributed by atoms with Gasteiger partial charge in [-0.05, 0) is 56.9 Å². The molecule has 2 aromatic carbocycles. The fraction of sp³-hybridized carbons (Fsp3) is 0.462. The summed E-state index contributed by atoms with van der Waals surface area (Å²) in [5.74, 6) is -0.397. The van der Waals surface area contributed by atoms with Crippen molar-refractivity contribution in [1.82, 2.24) is 10.2 Å². The monoisotopic (exact) mass is 487 g/mol. The zero-order chi connectivity index (χ0) is 25.3. The van der Waals surface area contributed by atoms with E-state index in [0.717, 1.165) is 23.1 Å². The van der Waals surface area contributed by atoms with Gasteiger partial charge in [-0.25, -0.2) is 8.42 Å². The van der Waals surface area contributed by atoms with Gasteiger partial charge >= 0.3 is 0 Å². The predicted octanol–water partition coefficient (Wildman–Crippen LogP) is 3.66. The number of carbonyl (C=O) groups is 2. The van der Waals surface area contributed by atoms with Gasteiger partial charge in [-0.3, -0.25) is 13.9 Å². The molecule has 0 heterocycles. The number of sulfonamides is 1. The molecule has 7 nitrogen and oxygen atoms in total. The van der Waals surface area contributed by atoms with Crippen molar-refractivity contribution in [1.29, 1.82) is 0 Å². The molecule has 0 aliphatic rings. The summed E-state index contributed by atoms with van der Waals surface area (Å²) in [7, 11) is -3.50. The van der Waals surface area contributed by atoms with Crippen LogP contribution in [0, 0.1) is 6.92 Å². The third-order valence-electron chi connectivity index (χ3n) is 5.78. The van der Waals surface area contributed by atoms with Crippen molar-refractivity contribution in [2.24, 2.45) is 0 Å². The largest absolute Gasteiger partial charge is 0.355 e. The maximum atomic E-state index is 13.2.